The molecule has 0 aromatic heterocycles. The standard InChI is InChI=1S/H4N2O.Na.H/c1-3-2;;/h1-2H2;;/q;+1;-1. The third-order valence-corrected chi connectivity index (χ3v) is 0. The molecule has 3 nitrogen and oxygen atoms in total. The largest absolute Gasteiger partial charge is 1.00 e. The van der Waals surface area contributed by atoms with Gasteiger partial charge in [0.2, 0.25) is 0 Å². The van der Waals surface area contributed by atoms with Gasteiger partial charge in [-0.05, 0) is 0 Å². The molecule has 0 fully saturated rings. The Balaban J connectivity index is -0.0000000200. The number of hydrogen-bond acceptors (Lipinski definition) is 3. The first-order valence-corrected chi connectivity index (χ1v) is 0.471. The van der Waals surface area contributed by atoms with Gasteiger partial charge < -0.3 is 1.43 Å². The monoisotopic (exact) mass is 72.0 g/mol. The fourth-order valence-corrected chi connectivity index (χ4v) is 0. The van der Waals surface area contributed by atoms with Gasteiger partial charge in [-0.2, -0.15) is 11.8 Å². The number of nitrogens with two attached hydrogens (primary N) is 2. The van der Waals surface area contributed by atoms with E-state index < -0.39 is 0 Å². The van der Waals surface area contributed by atoms with E-state index in [-0.39, 0.29) is 31.0 Å². The molecule has 0 spiro atoms. The van der Waals surface area contributed by atoms with Gasteiger partial charge in [-0.1, -0.05) is 0 Å². The number of hydrogen-bond donors (Lipinski definition) is 2. The molecule has 0 rings (SSSR count). The molecular formula is H5N2NaO. The summed E-state index contributed by atoms with van der Waals surface area (Å²) >= 11 is 0. The zero-order chi connectivity index (χ0) is 2.71. The minimum atomic E-state index is 0. The minimum Gasteiger partial charge on any atom is -1.00 e. The molecule has 0 bridgehead atoms. The summed E-state index contributed by atoms with van der Waals surface area (Å²) in [5.74, 6) is 8.25. The van der Waals surface area contributed by atoms with Crippen LogP contribution in [0.25, 0.3) is 0 Å². The first-order valence-electron chi connectivity index (χ1n) is 0.471. The van der Waals surface area contributed by atoms with Crippen molar-refractivity contribution in [3.05, 3.63) is 0 Å². The molecule has 0 aromatic carbocycles. The van der Waals surface area contributed by atoms with E-state index >= 15 is 0 Å². The summed E-state index contributed by atoms with van der Waals surface area (Å²) in [5, 5.41) is 0. The molecule has 0 radical (unpaired) electrons. The van der Waals surface area contributed by atoms with Gasteiger partial charge in [-0.25, -0.2) is 4.94 Å². The van der Waals surface area contributed by atoms with Gasteiger partial charge in [-0.15, -0.1) is 0 Å². The van der Waals surface area contributed by atoms with E-state index in [1.807, 2.05) is 0 Å². The molecule has 0 aliphatic heterocycles. The van der Waals surface area contributed by atoms with E-state index in [1.54, 1.807) is 0 Å². The van der Waals surface area contributed by atoms with Gasteiger partial charge >= 0.3 is 29.6 Å². The van der Waals surface area contributed by atoms with E-state index in [1.165, 1.54) is 0 Å². The third-order valence-electron chi connectivity index (χ3n) is 0. The second kappa shape index (κ2) is 9.11. The molecule has 0 aliphatic rings. The van der Waals surface area contributed by atoms with Crippen molar-refractivity contribution in [2.24, 2.45) is 11.8 Å². The molecule has 0 amide bonds. The molecular weight excluding hydrogens is 67.0 g/mol. The number of rotatable bonds is 0. The molecule has 4 N–H and O–H groups in total. The Morgan fingerprint density at radius 2 is 1.50 bits per heavy atom. The first kappa shape index (κ1) is 8.86. The normalized spacial score (nSPS) is 4.50. The maximum atomic E-state index is 4.12. The average molecular weight is 72.0 g/mol. The molecule has 0 atom stereocenters. The maximum absolute atomic E-state index is 4.12. The minimum absolute atomic E-state index is 0. The van der Waals surface area contributed by atoms with Crippen molar-refractivity contribution in [2.75, 3.05) is 0 Å². The van der Waals surface area contributed by atoms with Crippen LogP contribution in [0.3, 0.4) is 0 Å². The molecule has 22 valence electrons. The fourth-order valence-electron chi connectivity index (χ4n) is 0. The Morgan fingerprint density at radius 3 is 1.50 bits per heavy atom. The molecule has 4 heteroatoms. The predicted molar refractivity (Wildman–Crippen MR) is 10.6 cm³/mol. The SMILES string of the molecule is NON.[H-].[Na+]. The van der Waals surface area contributed by atoms with Gasteiger partial charge in [0.05, 0.1) is 0 Å². The second-order valence-corrected chi connectivity index (χ2v) is 0.136. The Bertz CT molecular complexity index is 9.61. The van der Waals surface area contributed by atoms with Crippen molar-refractivity contribution in [3.8, 4) is 0 Å². The van der Waals surface area contributed by atoms with Crippen LogP contribution in [0, 0.1) is 0 Å². The van der Waals surface area contributed by atoms with E-state index in [9.17, 15) is 0 Å². The Morgan fingerprint density at radius 1 is 1.50 bits per heavy atom. The molecule has 0 saturated carbocycles. The molecule has 0 saturated heterocycles. The molecule has 0 aromatic rings. The van der Waals surface area contributed by atoms with Crippen LogP contribution in [0.2, 0.25) is 0 Å². The van der Waals surface area contributed by atoms with Crippen molar-refractivity contribution in [2.45, 2.75) is 0 Å². The predicted octanol–water partition coefficient (Wildman–Crippen LogP) is -4.13. The van der Waals surface area contributed by atoms with Crippen LogP contribution < -0.4 is 41.4 Å². The quantitative estimate of drug-likeness (QED) is 0.226. The summed E-state index contributed by atoms with van der Waals surface area (Å²) in [6.07, 6.45) is 0. The van der Waals surface area contributed by atoms with Gasteiger partial charge in [0.15, 0.2) is 0 Å². The zero-order valence-corrected chi connectivity index (χ0v) is 4.56. The fraction of sp³-hybridized carbons (Fsp3) is 0. The summed E-state index contributed by atoms with van der Waals surface area (Å²) in [4.78, 5) is 3.25. The van der Waals surface area contributed by atoms with Crippen molar-refractivity contribution < 1.29 is 35.9 Å². The van der Waals surface area contributed by atoms with Gasteiger partial charge in [-0.3, -0.25) is 0 Å². The van der Waals surface area contributed by atoms with Crippen LogP contribution in [0.5, 0.6) is 0 Å². The molecule has 0 unspecified atom stereocenters. The first-order chi connectivity index (χ1) is 1.41. The van der Waals surface area contributed by atoms with Crippen molar-refractivity contribution in [1.29, 1.82) is 0 Å². The average Bonchev–Trinajstić information content (AvgIpc) is 0.918. The van der Waals surface area contributed by atoms with Crippen LogP contribution in [0.1, 0.15) is 1.43 Å². The smallest absolute Gasteiger partial charge is 1.00 e. The summed E-state index contributed by atoms with van der Waals surface area (Å²) in [6, 6.07) is 0. The zero-order valence-electron chi connectivity index (χ0n) is 3.56. The van der Waals surface area contributed by atoms with Crippen molar-refractivity contribution >= 4 is 0 Å². The Labute approximate surface area is 48.0 Å². The summed E-state index contributed by atoms with van der Waals surface area (Å²) in [5.41, 5.74) is 0. The Hall–Kier alpha value is 0.880. The Kier molecular flexibility index (Phi) is 20.2. The molecule has 0 aliphatic carbocycles. The van der Waals surface area contributed by atoms with Gasteiger partial charge in [0.1, 0.15) is 0 Å². The second-order valence-electron chi connectivity index (χ2n) is 0.136. The van der Waals surface area contributed by atoms with Crippen molar-refractivity contribution in [1.82, 2.24) is 0 Å². The summed E-state index contributed by atoms with van der Waals surface area (Å²) in [6.45, 7) is 0. The molecule has 0 heterocycles. The molecule has 4 heavy (non-hydrogen) atoms. The van der Waals surface area contributed by atoms with Gasteiger partial charge in [0.25, 0.3) is 0 Å². The third kappa shape index (κ3) is 13.1. The van der Waals surface area contributed by atoms with Crippen LogP contribution in [-0.4, -0.2) is 0 Å². The topological polar surface area (TPSA) is 61.3 Å². The summed E-state index contributed by atoms with van der Waals surface area (Å²) < 4.78 is 0. The van der Waals surface area contributed by atoms with Crippen LogP contribution >= 0.6 is 0 Å². The van der Waals surface area contributed by atoms with Crippen LogP contribution in [0.15, 0.2) is 0 Å². The summed E-state index contributed by atoms with van der Waals surface area (Å²) in [7, 11) is 0. The van der Waals surface area contributed by atoms with Crippen LogP contribution in [-0.2, 0) is 4.94 Å². The maximum Gasteiger partial charge on any atom is 1.00 e. The van der Waals surface area contributed by atoms with E-state index in [0.29, 0.717) is 0 Å². The van der Waals surface area contributed by atoms with E-state index in [4.69, 9.17) is 0 Å². The van der Waals surface area contributed by atoms with Crippen molar-refractivity contribution in [3.63, 3.8) is 0 Å². The van der Waals surface area contributed by atoms with E-state index in [0.717, 1.165) is 0 Å². The van der Waals surface area contributed by atoms with Gasteiger partial charge in [0, 0.05) is 0 Å². The van der Waals surface area contributed by atoms with E-state index in [2.05, 4.69) is 16.7 Å². The van der Waals surface area contributed by atoms with Crippen LogP contribution in [0.4, 0.5) is 0 Å².